The van der Waals surface area contributed by atoms with E-state index in [9.17, 15) is 19.1 Å². The number of imide groups is 1. The Kier molecular flexibility index (Phi) is 4.10. The number of rotatable bonds is 3. The Morgan fingerprint density at radius 3 is 2.52 bits per heavy atom. The van der Waals surface area contributed by atoms with E-state index in [0.29, 0.717) is 12.8 Å². The minimum Gasteiger partial charge on any atom is -0.386 e. The molecule has 1 aliphatic carbocycles. The van der Waals surface area contributed by atoms with Gasteiger partial charge in [0.05, 0.1) is 12.6 Å². The van der Waals surface area contributed by atoms with Crippen LogP contribution in [-0.2, 0) is 4.79 Å². The van der Waals surface area contributed by atoms with Crippen molar-refractivity contribution in [1.29, 1.82) is 0 Å². The Bertz CT molecular complexity index is 628. The van der Waals surface area contributed by atoms with Crippen LogP contribution in [0.15, 0.2) is 24.3 Å². The molecule has 5 nitrogen and oxygen atoms in total. The molecule has 1 aromatic carbocycles. The fourth-order valence-electron chi connectivity index (χ4n) is 3.71. The molecule has 0 unspecified atom stereocenters. The van der Waals surface area contributed by atoms with Crippen LogP contribution in [0, 0.1) is 5.82 Å². The zero-order chi connectivity index (χ0) is 16.6. The summed E-state index contributed by atoms with van der Waals surface area (Å²) in [5.41, 5.74) is -0.676. The van der Waals surface area contributed by atoms with Crippen molar-refractivity contribution in [3.05, 3.63) is 35.6 Å². The van der Waals surface area contributed by atoms with Crippen LogP contribution in [0.3, 0.4) is 0 Å². The fourth-order valence-corrected chi connectivity index (χ4v) is 3.71. The van der Waals surface area contributed by atoms with Crippen LogP contribution in [0.5, 0.6) is 0 Å². The Labute approximate surface area is 134 Å². The summed E-state index contributed by atoms with van der Waals surface area (Å²) in [6, 6.07) is 5.45. The van der Waals surface area contributed by atoms with Gasteiger partial charge in [0.25, 0.3) is 5.91 Å². The van der Waals surface area contributed by atoms with Crippen LogP contribution in [0.2, 0.25) is 0 Å². The molecule has 23 heavy (non-hydrogen) atoms. The molecule has 124 valence electrons. The molecular formula is C17H21FN2O3. The number of hydrogen-bond donors (Lipinski definition) is 1. The van der Waals surface area contributed by atoms with Gasteiger partial charge in [-0.3, -0.25) is 9.69 Å². The Balaban J connectivity index is 1.82. The number of benzene rings is 1. The van der Waals surface area contributed by atoms with Gasteiger partial charge < -0.3 is 10.0 Å². The van der Waals surface area contributed by atoms with Gasteiger partial charge in [0.2, 0.25) is 0 Å². The predicted molar refractivity (Wildman–Crippen MR) is 82.0 cm³/mol. The van der Waals surface area contributed by atoms with E-state index in [1.54, 1.807) is 13.1 Å². The van der Waals surface area contributed by atoms with Gasteiger partial charge in [-0.1, -0.05) is 37.5 Å². The lowest BCUT2D eigenvalue weighted by Crippen LogP contribution is -2.49. The van der Waals surface area contributed by atoms with Gasteiger partial charge in [-0.25, -0.2) is 9.18 Å². The number of urea groups is 1. The summed E-state index contributed by atoms with van der Waals surface area (Å²) in [6.45, 7) is -0.218. The third-order valence-electron chi connectivity index (χ3n) is 5.10. The molecule has 1 aromatic rings. The number of likely N-dealkylation sites (N-methyl/N-ethyl adjacent to an activating group) is 1. The molecule has 1 atom stereocenters. The zero-order valence-corrected chi connectivity index (χ0v) is 13.2. The molecule has 2 fully saturated rings. The smallest absolute Gasteiger partial charge is 0.327 e. The maximum Gasteiger partial charge on any atom is 0.327 e. The monoisotopic (exact) mass is 320 g/mol. The Hall–Kier alpha value is -1.95. The SMILES string of the molecule is CN1C(=O)N(C[C@@H](O)c2ccccc2F)C(=O)C12CCCCC2. The van der Waals surface area contributed by atoms with Crippen molar-refractivity contribution in [3.8, 4) is 0 Å². The first-order valence-corrected chi connectivity index (χ1v) is 7.99. The first-order valence-electron chi connectivity index (χ1n) is 7.99. The lowest BCUT2D eigenvalue weighted by atomic mass is 9.80. The second-order valence-corrected chi connectivity index (χ2v) is 6.39. The van der Waals surface area contributed by atoms with Gasteiger partial charge >= 0.3 is 6.03 Å². The van der Waals surface area contributed by atoms with Crippen molar-refractivity contribution in [2.45, 2.75) is 43.7 Å². The van der Waals surface area contributed by atoms with E-state index in [4.69, 9.17) is 0 Å². The molecule has 1 saturated carbocycles. The molecule has 0 bridgehead atoms. The van der Waals surface area contributed by atoms with Crippen LogP contribution < -0.4 is 0 Å². The van der Waals surface area contributed by atoms with E-state index in [0.717, 1.165) is 24.2 Å². The van der Waals surface area contributed by atoms with E-state index < -0.39 is 23.5 Å². The average Bonchev–Trinajstić information content (AvgIpc) is 2.72. The van der Waals surface area contributed by atoms with Gasteiger partial charge in [-0.05, 0) is 18.9 Å². The van der Waals surface area contributed by atoms with E-state index >= 15 is 0 Å². The van der Waals surface area contributed by atoms with Crippen LogP contribution in [0.25, 0.3) is 0 Å². The predicted octanol–water partition coefficient (Wildman–Crippen LogP) is 2.46. The van der Waals surface area contributed by atoms with Crippen LogP contribution in [0.1, 0.15) is 43.8 Å². The molecule has 0 radical (unpaired) electrons. The zero-order valence-electron chi connectivity index (χ0n) is 13.2. The summed E-state index contributed by atoms with van der Waals surface area (Å²) in [6.07, 6.45) is 2.96. The first-order chi connectivity index (χ1) is 11.0. The minimum atomic E-state index is -1.23. The van der Waals surface area contributed by atoms with Crippen LogP contribution in [0.4, 0.5) is 9.18 Å². The summed E-state index contributed by atoms with van der Waals surface area (Å²) in [5, 5.41) is 10.3. The van der Waals surface area contributed by atoms with Crippen LogP contribution >= 0.6 is 0 Å². The summed E-state index contributed by atoms with van der Waals surface area (Å²) in [7, 11) is 1.64. The lowest BCUT2D eigenvalue weighted by Gasteiger charge is -2.35. The van der Waals surface area contributed by atoms with E-state index in [1.807, 2.05) is 0 Å². The molecule has 0 aromatic heterocycles. The maximum absolute atomic E-state index is 13.8. The van der Waals surface area contributed by atoms with Crippen molar-refractivity contribution in [3.63, 3.8) is 0 Å². The standard InChI is InChI=1S/C17H21FN2O3/c1-19-16(23)20(15(22)17(19)9-5-2-6-10-17)11-14(21)12-7-3-4-8-13(12)18/h3-4,7-8,14,21H,2,5-6,9-11H2,1H3/t14-/m1/s1. The van der Waals surface area contributed by atoms with Gasteiger partial charge in [0, 0.05) is 12.6 Å². The third-order valence-corrected chi connectivity index (χ3v) is 5.10. The molecule has 3 amide bonds. The number of aliphatic hydroxyl groups is 1. The molecule has 1 heterocycles. The molecular weight excluding hydrogens is 299 g/mol. The highest BCUT2D eigenvalue weighted by molar-refractivity contribution is 6.07. The summed E-state index contributed by atoms with van der Waals surface area (Å²) in [5.74, 6) is -0.806. The summed E-state index contributed by atoms with van der Waals surface area (Å²) in [4.78, 5) is 27.9. The van der Waals surface area contributed by atoms with Gasteiger partial charge in [-0.15, -0.1) is 0 Å². The highest BCUT2D eigenvalue weighted by atomic mass is 19.1. The van der Waals surface area contributed by atoms with Gasteiger partial charge in [-0.2, -0.15) is 0 Å². The second kappa shape index (κ2) is 5.92. The van der Waals surface area contributed by atoms with Gasteiger partial charge in [0.15, 0.2) is 0 Å². The highest BCUT2D eigenvalue weighted by Gasteiger charge is 2.55. The quantitative estimate of drug-likeness (QED) is 0.870. The number of carbonyl (C=O) groups is 2. The number of amides is 3. The average molecular weight is 320 g/mol. The number of hydrogen-bond acceptors (Lipinski definition) is 3. The lowest BCUT2D eigenvalue weighted by molar-refractivity contribution is -0.135. The van der Waals surface area contributed by atoms with Crippen molar-refractivity contribution in [2.75, 3.05) is 13.6 Å². The first kappa shape index (κ1) is 15.9. The second-order valence-electron chi connectivity index (χ2n) is 6.39. The molecule has 1 N–H and O–H groups in total. The number of β-amino-alcohol motifs (C(OH)–C–C–N with tert-alkyl or cyclic N) is 1. The van der Waals surface area contributed by atoms with E-state index in [1.165, 1.54) is 23.1 Å². The molecule has 3 rings (SSSR count). The Morgan fingerprint density at radius 1 is 1.22 bits per heavy atom. The van der Waals surface area contributed by atoms with E-state index in [-0.39, 0.29) is 18.0 Å². The fraction of sp³-hybridized carbons (Fsp3) is 0.529. The molecule has 2 aliphatic rings. The molecule has 1 aliphatic heterocycles. The number of nitrogens with zero attached hydrogens (tertiary/aromatic N) is 2. The number of aliphatic hydroxyl groups excluding tert-OH is 1. The van der Waals surface area contributed by atoms with Crippen molar-refractivity contribution >= 4 is 11.9 Å². The van der Waals surface area contributed by atoms with E-state index in [2.05, 4.69) is 0 Å². The normalized spacial score (nSPS) is 22.0. The number of carbonyl (C=O) groups excluding carboxylic acids is 2. The maximum atomic E-state index is 13.8. The minimum absolute atomic E-state index is 0.0975. The molecule has 1 spiro atoms. The van der Waals surface area contributed by atoms with Crippen molar-refractivity contribution < 1.29 is 19.1 Å². The van der Waals surface area contributed by atoms with Gasteiger partial charge in [0.1, 0.15) is 11.4 Å². The van der Waals surface area contributed by atoms with Crippen molar-refractivity contribution in [2.24, 2.45) is 0 Å². The molecule has 6 heteroatoms. The topological polar surface area (TPSA) is 60.9 Å². The van der Waals surface area contributed by atoms with Crippen molar-refractivity contribution in [1.82, 2.24) is 9.80 Å². The van der Waals surface area contributed by atoms with Crippen LogP contribution in [-0.4, -0.2) is 46.0 Å². The highest BCUT2D eigenvalue weighted by Crippen LogP contribution is 2.40. The summed E-state index contributed by atoms with van der Waals surface area (Å²) >= 11 is 0. The molecule has 1 saturated heterocycles. The third kappa shape index (κ3) is 2.51. The summed E-state index contributed by atoms with van der Waals surface area (Å²) < 4.78 is 13.8. The Morgan fingerprint density at radius 2 is 1.87 bits per heavy atom. The number of halogens is 1. The largest absolute Gasteiger partial charge is 0.386 e.